The summed E-state index contributed by atoms with van der Waals surface area (Å²) in [6.07, 6.45) is -0.440. The molecule has 0 spiro atoms. The number of hydrogen-bond donors (Lipinski definition) is 1. The van der Waals surface area contributed by atoms with E-state index in [0.29, 0.717) is 13.0 Å². The average Bonchev–Trinajstić information content (AvgIpc) is 2.72. The molecule has 2 aromatic carbocycles. The lowest BCUT2D eigenvalue weighted by molar-refractivity contribution is -0.129. The molecule has 0 fully saturated rings. The van der Waals surface area contributed by atoms with Crippen molar-refractivity contribution >= 4 is 33.5 Å². The topological polar surface area (TPSA) is 92.8 Å². The van der Waals surface area contributed by atoms with E-state index in [1.165, 1.54) is 29.4 Å². The van der Waals surface area contributed by atoms with Crippen LogP contribution in [-0.4, -0.2) is 43.3 Å². The maximum atomic E-state index is 13.2. The van der Waals surface area contributed by atoms with E-state index < -0.39 is 28.0 Å². The lowest BCUT2D eigenvalue weighted by Crippen LogP contribution is -2.39. The van der Waals surface area contributed by atoms with Gasteiger partial charge in [-0.05, 0) is 56.5 Å². The van der Waals surface area contributed by atoms with Gasteiger partial charge >= 0.3 is 5.97 Å². The first-order chi connectivity index (χ1) is 14.6. The fourth-order valence-electron chi connectivity index (χ4n) is 3.32. The zero-order valence-electron chi connectivity index (χ0n) is 17.6. The second-order valence-electron chi connectivity index (χ2n) is 7.71. The van der Waals surface area contributed by atoms with E-state index in [2.05, 4.69) is 5.32 Å². The van der Waals surface area contributed by atoms with Crippen LogP contribution >= 0.6 is 11.6 Å². The summed E-state index contributed by atoms with van der Waals surface area (Å²) in [5.41, 5.74) is 1.98. The lowest BCUT2D eigenvalue weighted by atomic mass is 10.0. The Labute approximate surface area is 187 Å². The number of sulfonamides is 1. The maximum absolute atomic E-state index is 13.2. The van der Waals surface area contributed by atoms with Gasteiger partial charge in [0.15, 0.2) is 6.10 Å². The van der Waals surface area contributed by atoms with E-state index in [9.17, 15) is 18.0 Å². The highest BCUT2D eigenvalue weighted by Gasteiger charge is 2.30. The van der Waals surface area contributed by atoms with E-state index in [4.69, 9.17) is 16.3 Å². The zero-order valence-corrected chi connectivity index (χ0v) is 19.2. The van der Waals surface area contributed by atoms with Gasteiger partial charge in [0, 0.05) is 19.1 Å². The Morgan fingerprint density at radius 2 is 1.77 bits per heavy atom. The van der Waals surface area contributed by atoms with Crippen LogP contribution in [0.2, 0.25) is 5.02 Å². The van der Waals surface area contributed by atoms with Gasteiger partial charge in [0.25, 0.3) is 5.91 Å². The van der Waals surface area contributed by atoms with Crippen LogP contribution in [0.3, 0.4) is 0 Å². The van der Waals surface area contributed by atoms with Crippen LogP contribution in [-0.2, 0) is 32.5 Å². The van der Waals surface area contributed by atoms with Gasteiger partial charge in [0.05, 0.1) is 15.5 Å². The second-order valence-corrected chi connectivity index (χ2v) is 10.1. The Kier molecular flexibility index (Phi) is 7.03. The summed E-state index contributed by atoms with van der Waals surface area (Å²) in [4.78, 5) is 24.6. The minimum Gasteiger partial charge on any atom is -0.449 e. The first kappa shape index (κ1) is 23.2. The molecule has 0 saturated heterocycles. The van der Waals surface area contributed by atoms with Crippen LogP contribution in [0.25, 0.3) is 0 Å². The quantitative estimate of drug-likeness (QED) is 0.663. The van der Waals surface area contributed by atoms with Crippen molar-refractivity contribution in [3.8, 4) is 0 Å². The molecule has 1 heterocycles. The van der Waals surface area contributed by atoms with Crippen molar-refractivity contribution < 1.29 is 22.7 Å². The van der Waals surface area contributed by atoms with Gasteiger partial charge in [-0.25, -0.2) is 13.2 Å². The third-order valence-corrected chi connectivity index (χ3v) is 7.15. The number of nitrogens with zero attached hydrogens (tertiary/aromatic N) is 1. The molecule has 1 N–H and O–H groups in total. The molecule has 0 saturated carbocycles. The van der Waals surface area contributed by atoms with Crippen molar-refractivity contribution in [3.05, 3.63) is 64.2 Å². The van der Waals surface area contributed by atoms with E-state index in [0.717, 1.165) is 11.1 Å². The molecular formula is C22H25ClN2O5S. The first-order valence-electron chi connectivity index (χ1n) is 9.97. The number of amides is 1. The van der Waals surface area contributed by atoms with Crippen molar-refractivity contribution in [3.63, 3.8) is 0 Å². The molecule has 31 heavy (non-hydrogen) atoms. The molecule has 1 amide bonds. The summed E-state index contributed by atoms with van der Waals surface area (Å²) in [5.74, 6) is -1.31. The third kappa shape index (κ3) is 5.26. The highest BCUT2D eigenvalue weighted by molar-refractivity contribution is 7.89. The molecule has 2 aromatic rings. The third-order valence-electron chi connectivity index (χ3n) is 4.98. The Bertz CT molecular complexity index is 1100. The first-order valence-corrected chi connectivity index (χ1v) is 11.8. The van der Waals surface area contributed by atoms with Gasteiger partial charge in [0.2, 0.25) is 10.0 Å². The molecular weight excluding hydrogens is 440 g/mol. The van der Waals surface area contributed by atoms with Crippen molar-refractivity contribution in [2.24, 2.45) is 0 Å². The molecule has 0 bridgehead atoms. The van der Waals surface area contributed by atoms with Gasteiger partial charge in [-0.3, -0.25) is 4.79 Å². The standard InChI is InChI=1S/C22H25ClN2O5S/c1-14(2)24-21(26)15(3)30-22(27)19-12-18(8-9-20(19)23)31(28,29)25-11-10-16-6-4-5-7-17(16)13-25/h4-9,12,14-15H,10-11,13H2,1-3H3,(H,24,26). The number of nitrogens with one attached hydrogen (secondary N) is 1. The Morgan fingerprint density at radius 3 is 2.45 bits per heavy atom. The monoisotopic (exact) mass is 464 g/mol. The minimum atomic E-state index is -3.85. The van der Waals surface area contributed by atoms with Gasteiger partial charge in [-0.2, -0.15) is 4.31 Å². The predicted molar refractivity (Wildman–Crippen MR) is 117 cm³/mol. The summed E-state index contributed by atoms with van der Waals surface area (Å²) >= 11 is 6.13. The average molecular weight is 465 g/mol. The fraction of sp³-hybridized carbons (Fsp3) is 0.364. The number of ether oxygens (including phenoxy) is 1. The lowest BCUT2D eigenvalue weighted by Gasteiger charge is -2.28. The number of fused-ring (bicyclic) bond motifs is 1. The molecule has 9 heteroatoms. The Hall–Kier alpha value is -2.42. The Balaban J connectivity index is 1.82. The van der Waals surface area contributed by atoms with Crippen LogP contribution in [0, 0.1) is 0 Å². The number of rotatable bonds is 6. The van der Waals surface area contributed by atoms with Crippen LogP contribution in [0.15, 0.2) is 47.4 Å². The van der Waals surface area contributed by atoms with Crippen molar-refractivity contribution in [2.75, 3.05) is 6.54 Å². The van der Waals surface area contributed by atoms with Crippen molar-refractivity contribution in [1.29, 1.82) is 0 Å². The van der Waals surface area contributed by atoms with Gasteiger partial charge < -0.3 is 10.1 Å². The molecule has 0 radical (unpaired) electrons. The highest BCUT2D eigenvalue weighted by atomic mass is 35.5. The second kappa shape index (κ2) is 9.38. The SMILES string of the molecule is CC(C)NC(=O)C(C)OC(=O)c1cc(S(=O)(=O)N2CCc3ccccc3C2)ccc1Cl. The largest absolute Gasteiger partial charge is 0.449 e. The smallest absolute Gasteiger partial charge is 0.340 e. The molecule has 1 unspecified atom stereocenters. The van der Waals surface area contributed by atoms with Crippen LogP contribution in [0.4, 0.5) is 0 Å². The normalized spacial score (nSPS) is 15.3. The number of hydrogen-bond acceptors (Lipinski definition) is 5. The maximum Gasteiger partial charge on any atom is 0.340 e. The van der Waals surface area contributed by atoms with Gasteiger partial charge in [-0.1, -0.05) is 35.9 Å². The molecule has 1 aliphatic rings. The van der Waals surface area contributed by atoms with E-state index >= 15 is 0 Å². The molecule has 3 rings (SSSR count). The molecule has 1 aliphatic heterocycles. The molecule has 7 nitrogen and oxygen atoms in total. The number of halogens is 1. The summed E-state index contributed by atoms with van der Waals surface area (Å²) in [7, 11) is -3.85. The molecule has 0 aromatic heterocycles. The molecule has 1 atom stereocenters. The van der Waals surface area contributed by atoms with E-state index in [-0.39, 0.29) is 28.1 Å². The summed E-state index contributed by atoms with van der Waals surface area (Å²) in [5, 5.41) is 2.69. The zero-order chi connectivity index (χ0) is 22.8. The van der Waals surface area contributed by atoms with Crippen molar-refractivity contribution in [2.45, 2.75) is 50.8 Å². The van der Waals surface area contributed by atoms with E-state index in [1.807, 2.05) is 24.3 Å². The van der Waals surface area contributed by atoms with E-state index in [1.54, 1.807) is 13.8 Å². The number of carbonyl (C=O) groups is 2. The predicted octanol–water partition coefficient (Wildman–Crippen LogP) is 3.16. The van der Waals surface area contributed by atoms with Gasteiger partial charge in [0.1, 0.15) is 0 Å². The number of carbonyl (C=O) groups excluding carboxylic acids is 2. The van der Waals surface area contributed by atoms with Gasteiger partial charge in [-0.15, -0.1) is 0 Å². The van der Waals surface area contributed by atoms with Crippen LogP contribution in [0.1, 0.15) is 42.3 Å². The summed E-state index contributed by atoms with van der Waals surface area (Å²) < 4.78 is 33.0. The van der Waals surface area contributed by atoms with Crippen molar-refractivity contribution in [1.82, 2.24) is 9.62 Å². The number of esters is 1. The highest BCUT2D eigenvalue weighted by Crippen LogP contribution is 2.28. The molecule has 166 valence electrons. The summed E-state index contributed by atoms with van der Waals surface area (Å²) in [6, 6.07) is 11.5. The fourth-order valence-corrected chi connectivity index (χ4v) is 4.97. The Morgan fingerprint density at radius 1 is 1.10 bits per heavy atom. The minimum absolute atomic E-state index is 0.0457. The van der Waals surface area contributed by atoms with Crippen LogP contribution in [0.5, 0.6) is 0 Å². The molecule has 0 aliphatic carbocycles. The van der Waals surface area contributed by atoms with Crippen LogP contribution < -0.4 is 5.32 Å². The number of benzene rings is 2. The summed E-state index contributed by atoms with van der Waals surface area (Å²) in [6.45, 7) is 5.62.